The minimum Gasteiger partial charge on any atom is -0.465 e. The summed E-state index contributed by atoms with van der Waals surface area (Å²) < 4.78 is 10.2. The Morgan fingerprint density at radius 2 is 1.84 bits per heavy atom. The molecule has 1 aromatic rings. The van der Waals surface area contributed by atoms with E-state index in [-0.39, 0.29) is 18.9 Å². The van der Waals surface area contributed by atoms with Gasteiger partial charge in [0.05, 0.1) is 23.9 Å². The van der Waals surface area contributed by atoms with Gasteiger partial charge in [0.1, 0.15) is 0 Å². The molecule has 1 aromatic heterocycles. The van der Waals surface area contributed by atoms with E-state index in [2.05, 4.69) is 20.9 Å². The first-order chi connectivity index (χ1) is 9.01. The fourth-order valence-electron chi connectivity index (χ4n) is 1.41. The van der Waals surface area contributed by atoms with Crippen molar-refractivity contribution in [2.75, 3.05) is 13.2 Å². The summed E-state index contributed by atoms with van der Waals surface area (Å²) in [6.07, 6.45) is 1.35. The molecule has 0 radical (unpaired) electrons. The molecule has 104 valence electrons. The Morgan fingerprint density at radius 3 is 2.26 bits per heavy atom. The van der Waals surface area contributed by atoms with Crippen molar-refractivity contribution in [1.82, 2.24) is 4.98 Å². The number of halogens is 2. The molecule has 0 saturated heterocycles. The number of rotatable bonds is 5. The van der Waals surface area contributed by atoms with Gasteiger partial charge in [0.15, 0.2) is 5.92 Å². The Labute approximate surface area is 124 Å². The van der Waals surface area contributed by atoms with Crippen molar-refractivity contribution >= 4 is 39.5 Å². The monoisotopic (exact) mass is 349 g/mol. The molecule has 0 N–H and O–H groups in total. The van der Waals surface area contributed by atoms with Crippen LogP contribution in [0, 0.1) is 0 Å². The van der Waals surface area contributed by atoms with Crippen LogP contribution in [0.25, 0.3) is 0 Å². The Bertz CT molecular complexity index is 463. The summed E-state index contributed by atoms with van der Waals surface area (Å²) in [7, 11) is 0. The summed E-state index contributed by atoms with van der Waals surface area (Å²) in [5.41, 5.74) is 0.223. The van der Waals surface area contributed by atoms with Gasteiger partial charge in [-0.25, -0.2) is 0 Å². The minimum absolute atomic E-state index is 0.167. The third-order valence-corrected chi connectivity index (χ3v) is 3.00. The van der Waals surface area contributed by atoms with Gasteiger partial charge < -0.3 is 9.47 Å². The van der Waals surface area contributed by atoms with Crippen molar-refractivity contribution in [3.63, 3.8) is 0 Å². The number of carbonyl (C=O) groups is 2. The molecule has 0 aromatic carbocycles. The van der Waals surface area contributed by atoms with Crippen LogP contribution in [0.3, 0.4) is 0 Å². The van der Waals surface area contributed by atoms with Crippen LogP contribution in [0.5, 0.6) is 0 Å². The van der Waals surface area contributed by atoms with Gasteiger partial charge in [-0.2, -0.15) is 0 Å². The molecule has 19 heavy (non-hydrogen) atoms. The molecule has 0 aliphatic rings. The van der Waals surface area contributed by atoms with Gasteiger partial charge in [-0.3, -0.25) is 14.6 Å². The quantitative estimate of drug-likeness (QED) is 0.603. The summed E-state index contributed by atoms with van der Waals surface area (Å²) in [6, 6.07) is 1.55. The zero-order valence-electron chi connectivity index (χ0n) is 10.5. The van der Waals surface area contributed by atoms with Crippen molar-refractivity contribution in [1.29, 1.82) is 0 Å². The molecule has 0 saturated carbocycles. The SMILES string of the molecule is CCOC(=O)C(C(=O)OCC)c1ncc(Cl)cc1Br. The van der Waals surface area contributed by atoms with Crippen LogP contribution in [0.4, 0.5) is 0 Å². The molecule has 0 aliphatic carbocycles. The number of hydrogen-bond donors (Lipinski definition) is 0. The molecule has 1 heterocycles. The van der Waals surface area contributed by atoms with Crippen LogP contribution in [-0.2, 0) is 19.1 Å². The second-order valence-electron chi connectivity index (χ2n) is 3.46. The normalized spacial score (nSPS) is 10.4. The molecule has 0 atom stereocenters. The minimum atomic E-state index is -1.22. The van der Waals surface area contributed by atoms with E-state index in [1.807, 2.05) is 0 Å². The lowest BCUT2D eigenvalue weighted by Gasteiger charge is -2.15. The van der Waals surface area contributed by atoms with Crippen molar-refractivity contribution in [2.24, 2.45) is 0 Å². The molecule has 0 aliphatic heterocycles. The zero-order valence-corrected chi connectivity index (χ0v) is 12.8. The van der Waals surface area contributed by atoms with E-state index in [0.29, 0.717) is 9.50 Å². The third kappa shape index (κ3) is 4.18. The largest absolute Gasteiger partial charge is 0.465 e. The van der Waals surface area contributed by atoms with E-state index in [9.17, 15) is 9.59 Å². The highest BCUT2D eigenvalue weighted by Crippen LogP contribution is 2.27. The van der Waals surface area contributed by atoms with E-state index in [0.717, 1.165) is 0 Å². The Balaban J connectivity index is 3.14. The fraction of sp³-hybridized carbons (Fsp3) is 0.417. The molecule has 0 fully saturated rings. The highest BCUT2D eigenvalue weighted by molar-refractivity contribution is 9.10. The lowest BCUT2D eigenvalue weighted by atomic mass is 10.1. The summed E-state index contributed by atoms with van der Waals surface area (Å²) >= 11 is 9.00. The van der Waals surface area contributed by atoms with Crippen LogP contribution in [-0.4, -0.2) is 30.1 Å². The van der Waals surface area contributed by atoms with E-state index in [4.69, 9.17) is 21.1 Å². The van der Waals surface area contributed by atoms with Gasteiger partial charge in [0, 0.05) is 10.7 Å². The summed E-state index contributed by atoms with van der Waals surface area (Å²) in [5.74, 6) is -2.61. The fourth-order valence-corrected chi connectivity index (χ4v) is 2.28. The lowest BCUT2D eigenvalue weighted by molar-refractivity contribution is -0.157. The van der Waals surface area contributed by atoms with Crippen molar-refractivity contribution in [2.45, 2.75) is 19.8 Å². The standard InChI is InChI=1S/C12H13BrClNO4/c1-3-18-11(16)9(12(17)19-4-2)10-8(13)5-7(14)6-15-10/h5-6,9H,3-4H2,1-2H3. The first-order valence-electron chi connectivity index (χ1n) is 5.65. The molecule has 0 spiro atoms. The van der Waals surface area contributed by atoms with Gasteiger partial charge in [-0.1, -0.05) is 11.6 Å². The van der Waals surface area contributed by atoms with E-state index in [1.165, 1.54) is 6.20 Å². The average molecular weight is 351 g/mol. The number of hydrogen-bond acceptors (Lipinski definition) is 5. The Morgan fingerprint density at radius 1 is 1.32 bits per heavy atom. The first kappa shape index (κ1) is 15.9. The van der Waals surface area contributed by atoms with Crippen molar-refractivity contribution < 1.29 is 19.1 Å². The second-order valence-corrected chi connectivity index (χ2v) is 4.75. The maximum atomic E-state index is 11.9. The molecular formula is C12H13BrClNO4. The molecular weight excluding hydrogens is 337 g/mol. The summed E-state index contributed by atoms with van der Waals surface area (Å²) in [4.78, 5) is 27.8. The highest BCUT2D eigenvalue weighted by Gasteiger charge is 2.34. The molecule has 1 rings (SSSR count). The summed E-state index contributed by atoms with van der Waals surface area (Å²) in [6.45, 7) is 3.65. The molecule has 5 nitrogen and oxygen atoms in total. The van der Waals surface area contributed by atoms with Crippen LogP contribution in [0.1, 0.15) is 25.5 Å². The maximum Gasteiger partial charge on any atom is 0.326 e. The summed E-state index contributed by atoms with van der Waals surface area (Å²) in [5, 5.41) is 0.391. The highest BCUT2D eigenvalue weighted by atomic mass is 79.9. The maximum absolute atomic E-state index is 11.9. The zero-order chi connectivity index (χ0) is 14.4. The number of pyridine rings is 1. The van der Waals surface area contributed by atoms with Gasteiger partial charge in [-0.05, 0) is 35.8 Å². The smallest absolute Gasteiger partial charge is 0.326 e. The average Bonchev–Trinajstić information content (AvgIpc) is 2.33. The van der Waals surface area contributed by atoms with Crippen LogP contribution in [0.2, 0.25) is 5.02 Å². The predicted octanol–water partition coefficient (Wildman–Crippen LogP) is 2.71. The molecule has 0 unspecified atom stereocenters. The van der Waals surface area contributed by atoms with Crippen LogP contribution >= 0.6 is 27.5 Å². The molecule has 7 heteroatoms. The van der Waals surface area contributed by atoms with Crippen LogP contribution < -0.4 is 0 Å². The van der Waals surface area contributed by atoms with Gasteiger partial charge >= 0.3 is 11.9 Å². The number of aromatic nitrogens is 1. The molecule has 0 amide bonds. The van der Waals surface area contributed by atoms with E-state index in [1.54, 1.807) is 19.9 Å². The van der Waals surface area contributed by atoms with Crippen LogP contribution in [0.15, 0.2) is 16.7 Å². The third-order valence-electron chi connectivity index (χ3n) is 2.15. The molecule has 0 bridgehead atoms. The second kappa shape index (κ2) is 7.45. The predicted molar refractivity (Wildman–Crippen MR) is 73.0 cm³/mol. The van der Waals surface area contributed by atoms with Gasteiger partial charge in [0.25, 0.3) is 0 Å². The number of ether oxygens (including phenoxy) is 2. The van der Waals surface area contributed by atoms with Crippen molar-refractivity contribution in [3.05, 3.63) is 27.5 Å². The first-order valence-corrected chi connectivity index (χ1v) is 6.82. The Hall–Kier alpha value is -1.14. The van der Waals surface area contributed by atoms with E-state index < -0.39 is 17.9 Å². The van der Waals surface area contributed by atoms with Crippen molar-refractivity contribution in [3.8, 4) is 0 Å². The number of nitrogens with zero attached hydrogens (tertiary/aromatic N) is 1. The van der Waals surface area contributed by atoms with Gasteiger partial charge in [0.2, 0.25) is 0 Å². The Kier molecular flexibility index (Phi) is 6.24. The van der Waals surface area contributed by atoms with E-state index >= 15 is 0 Å². The number of carbonyl (C=O) groups excluding carboxylic acids is 2. The lowest BCUT2D eigenvalue weighted by Crippen LogP contribution is -2.27. The van der Waals surface area contributed by atoms with Gasteiger partial charge in [-0.15, -0.1) is 0 Å². The topological polar surface area (TPSA) is 65.5 Å². The number of esters is 2.